The highest BCUT2D eigenvalue weighted by Gasteiger charge is 2.09. The van der Waals surface area contributed by atoms with Gasteiger partial charge in [0.15, 0.2) is 0 Å². The van der Waals surface area contributed by atoms with Gasteiger partial charge in [-0.05, 0) is 57.1 Å². The number of rotatable bonds is 7. The molecule has 0 bridgehead atoms. The Bertz CT molecular complexity index is 926. The number of nitrogens with one attached hydrogen (secondary N) is 2. The second kappa shape index (κ2) is 9.30. The molecule has 1 fully saturated rings. The lowest BCUT2D eigenvalue weighted by Crippen LogP contribution is -2.31. The van der Waals surface area contributed by atoms with Crippen LogP contribution in [0.3, 0.4) is 0 Å². The normalized spacial score (nSPS) is 14.9. The summed E-state index contributed by atoms with van der Waals surface area (Å²) < 4.78 is 1.02. The zero-order valence-corrected chi connectivity index (χ0v) is 17.5. The van der Waals surface area contributed by atoms with Gasteiger partial charge in [0.1, 0.15) is 18.0 Å². The topological polar surface area (TPSA) is 66.0 Å². The van der Waals surface area contributed by atoms with E-state index in [4.69, 9.17) is 0 Å². The van der Waals surface area contributed by atoms with E-state index in [1.165, 1.54) is 32.4 Å². The Morgan fingerprint density at radius 1 is 1.04 bits per heavy atom. The molecule has 0 aliphatic carbocycles. The molecule has 3 aromatic rings. The van der Waals surface area contributed by atoms with Crippen LogP contribution in [0.5, 0.6) is 0 Å². The van der Waals surface area contributed by atoms with Gasteiger partial charge in [-0.2, -0.15) is 0 Å². The molecule has 146 valence electrons. The molecule has 0 spiro atoms. The Kier molecular flexibility index (Phi) is 6.34. The van der Waals surface area contributed by atoms with Crippen molar-refractivity contribution in [2.24, 2.45) is 0 Å². The van der Waals surface area contributed by atoms with Crippen LogP contribution in [0.4, 0.5) is 17.3 Å². The van der Waals surface area contributed by atoms with Crippen molar-refractivity contribution in [2.45, 2.75) is 25.7 Å². The van der Waals surface area contributed by atoms with Gasteiger partial charge in [0.2, 0.25) is 0 Å². The molecule has 3 heterocycles. The number of likely N-dealkylation sites (tertiary alicyclic amines) is 1. The molecule has 28 heavy (non-hydrogen) atoms. The van der Waals surface area contributed by atoms with Crippen LogP contribution in [0.1, 0.15) is 25.7 Å². The van der Waals surface area contributed by atoms with Crippen LogP contribution < -0.4 is 10.6 Å². The van der Waals surface area contributed by atoms with Gasteiger partial charge in [-0.25, -0.2) is 15.0 Å². The largest absolute Gasteiger partial charge is 0.370 e. The van der Waals surface area contributed by atoms with Gasteiger partial charge in [-0.15, -0.1) is 0 Å². The van der Waals surface area contributed by atoms with Crippen molar-refractivity contribution >= 4 is 44.2 Å². The zero-order chi connectivity index (χ0) is 19.2. The molecule has 1 saturated heterocycles. The van der Waals surface area contributed by atoms with Gasteiger partial charge in [-0.3, -0.25) is 0 Å². The van der Waals surface area contributed by atoms with E-state index in [9.17, 15) is 0 Å². The molecule has 0 saturated carbocycles. The van der Waals surface area contributed by atoms with E-state index in [2.05, 4.69) is 46.4 Å². The first kappa shape index (κ1) is 19.1. The minimum atomic E-state index is 0.757. The maximum atomic E-state index is 4.56. The third-order valence-electron chi connectivity index (χ3n) is 5.01. The van der Waals surface area contributed by atoms with Gasteiger partial charge in [0, 0.05) is 29.0 Å². The van der Waals surface area contributed by atoms with Gasteiger partial charge in [-0.1, -0.05) is 28.4 Å². The first-order valence-corrected chi connectivity index (χ1v) is 10.7. The molecule has 2 N–H and O–H groups in total. The maximum Gasteiger partial charge on any atom is 0.143 e. The molecule has 1 aliphatic heterocycles. The number of aromatic nitrogens is 3. The molecule has 6 nitrogen and oxygen atoms in total. The van der Waals surface area contributed by atoms with E-state index in [1.54, 1.807) is 6.33 Å². The lowest BCUT2D eigenvalue weighted by atomic mass is 10.1. The summed E-state index contributed by atoms with van der Waals surface area (Å²) in [6.45, 7) is 4.57. The second-order valence-corrected chi connectivity index (χ2v) is 8.04. The summed E-state index contributed by atoms with van der Waals surface area (Å²) in [6, 6.07) is 9.99. The first-order chi connectivity index (χ1) is 13.8. The predicted molar refractivity (Wildman–Crippen MR) is 118 cm³/mol. The number of hydrogen-bond acceptors (Lipinski definition) is 6. The van der Waals surface area contributed by atoms with Gasteiger partial charge >= 0.3 is 0 Å². The molecule has 4 rings (SSSR count). The third-order valence-corrected chi connectivity index (χ3v) is 5.51. The average Bonchev–Trinajstić information content (AvgIpc) is 2.72. The Labute approximate surface area is 173 Å². The Balaban J connectivity index is 1.38. The zero-order valence-electron chi connectivity index (χ0n) is 15.9. The van der Waals surface area contributed by atoms with Crippen molar-refractivity contribution in [3.8, 4) is 0 Å². The van der Waals surface area contributed by atoms with Crippen LogP contribution in [0.25, 0.3) is 10.9 Å². The number of hydrogen-bond donors (Lipinski definition) is 2. The predicted octanol–water partition coefficient (Wildman–Crippen LogP) is 4.82. The van der Waals surface area contributed by atoms with Crippen LogP contribution in [-0.2, 0) is 0 Å². The summed E-state index contributed by atoms with van der Waals surface area (Å²) in [4.78, 5) is 15.9. The van der Waals surface area contributed by atoms with E-state index in [1.807, 2.05) is 36.5 Å². The number of anilines is 3. The fourth-order valence-corrected chi connectivity index (χ4v) is 3.95. The Morgan fingerprint density at radius 2 is 1.93 bits per heavy atom. The highest BCUT2D eigenvalue weighted by molar-refractivity contribution is 9.10. The number of nitrogens with zero attached hydrogens (tertiary/aromatic N) is 4. The number of halogens is 1. The standard InChI is InChI=1S/C21H25BrN6/c22-16-6-4-7-17(12-16)27-21-18-14-24-20(13-19(18)25-15-26-21)23-8-5-11-28-9-2-1-3-10-28/h4,6-7,12-15H,1-3,5,8-11H2,(H,23,24)(H,25,26,27). The van der Waals surface area contributed by atoms with Gasteiger partial charge in [0.05, 0.1) is 10.9 Å². The van der Waals surface area contributed by atoms with Crippen LogP contribution in [0.2, 0.25) is 0 Å². The van der Waals surface area contributed by atoms with E-state index in [0.717, 1.165) is 52.2 Å². The molecule has 0 unspecified atom stereocenters. The fourth-order valence-electron chi connectivity index (χ4n) is 3.55. The van der Waals surface area contributed by atoms with Crippen molar-refractivity contribution in [2.75, 3.05) is 36.8 Å². The van der Waals surface area contributed by atoms with E-state index >= 15 is 0 Å². The Hall–Kier alpha value is -2.25. The molecule has 1 aliphatic rings. The van der Waals surface area contributed by atoms with E-state index in [0.29, 0.717) is 0 Å². The first-order valence-electron chi connectivity index (χ1n) is 9.87. The van der Waals surface area contributed by atoms with Crippen LogP contribution >= 0.6 is 15.9 Å². The van der Waals surface area contributed by atoms with Crippen molar-refractivity contribution in [1.29, 1.82) is 0 Å². The van der Waals surface area contributed by atoms with Crippen LogP contribution in [-0.4, -0.2) is 46.0 Å². The molecule has 0 atom stereocenters. The summed E-state index contributed by atoms with van der Waals surface area (Å²) >= 11 is 3.49. The number of benzene rings is 1. The molecule has 0 amide bonds. The maximum absolute atomic E-state index is 4.56. The second-order valence-electron chi connectivity index (χ2n) is 7.13. The summed E-state index contributed by atoms with van der Waals surface area (Å²) in [6.07, 6.45) is 8.62. The lowest BCUT2D eigenvalue weighted by Gasteiger charge is -2.26. The number of fused-ring (bicyclic) bond motifs is 1. The van der Waals surface area contributed by atoms with Crippen molar-refractivity contribution < 1.29 is 0 Å². The van der Waals surface area contributed by atoms with Crippen LogP contribution in [0.15, 0.2) is 47.3 Å². The summed E-state index contributed by atoms with van der Waals surface area (Å²) in [5.74, 6) is 1.62. The summed E-state index contributed by atoms with van der Waals surface area (Å²) in [7, 11) is 0. The lowest BCUT2D eigenvalue weighted by molar-refractivity contribution is 0.228. The molecule has 1 aromatic carbocycles. The number of piperidine rings is 1. The molecule has 2 aromatic heterocycles. The minimum absolute atomic E-state index is 0.757. The SMILES string of the molecule is Brc1cccc(Nc2ncnc3cc(NCCCN4CCCCC4)ncc23)c1. The third kappa shape index (κ3) is 4.97. The fraction of sp³-hybridized carbons (Fsp3) is 0.381. The highest BCUT2D eigenvalue weighted by Crippen LogP contribution is 2.25. The smallest absolute Gasteiger partial charge is 0.143 e. The molecular weight excluding hydrogens is 416 g/mol. The van der Waals surface area contributed by atoms with Crippen molar-refractivity contribution in [1.82, 2.24) is 19.9 Å². The molecule has 0 radical (unpaired) electrons. The highest BCUT2D eigenvalue weighted by atomic mass is 79.9. The van der Waals surface area contributed by atoms with Crippen LogP contribution in [0, 0.1) is 0 Å². The summed E-state index contributed by atoms with van der Waals surface area (Å²) in [5.41, 5.74) is 1.84. The molecular formula is C21H25BrN6. The molecule has 7 heteroatoms. The van der Waals surface area contributed by atoms with E-state index in [-0.39, 0.29) is 0 Å². The van der Waals surface area contributed by atoms with Crippen molar-refractivity contribution in [3.05, 3.63) is 47.3 Å². The minimum Gasteiger partial charge on any atom is -0.370 e. The van der Waals surface area contributed by atoms with Gasteiger partial charge < -0.3 is 15.5 Å². The van der Waals surface area contributed by atoms with E-state index < -0.39 is 0 Å². The van der Waals surface area contributed by atoms with Crippen molar-refractivity contribution in [3.63, 3.8) is 0 Å². The Morgan fingerprint density at radius 3 is 2.79 bits per heavy atom. The number of pyridine rings is 1. The summed E-state index contributed by atoms with van der Waals surface area (Å²) in [5, 5.41) is 7.68. The van der Waals surface area contributed by atoms with Gasteiger partial charge in [0.25, 0.3) is 0 Å². The quantitative estimate of drug-likeness (QED) is 0.513. The average molecular weight is 441 g/mol. The monoisotopic (exact) mass is 440 g/mol.